The van der Waals surface area contributed by atoms with E-state index in [-0.39, 0.29) is 17.9 Å². The second-order valence-electron chi connectivity index (χ2n) is 9.00. The molecule has 0 saturated carbocycles. The number of pyridine rings is 1. The highest BCUT2D eigenvalue weighted by Crippen LogP contribution is 2.38. The summed E-state index contributed by atoms with van der Waals surface area (Å²) in [5.41, 5.74) is 4.67. The highest BCUT2D eigenvalue weighted by Gasteiger charge is 2.41. The van der Waals surface area contributed by atoms with E-state index in [2.05, 4.69) is 44.4 Å². The van der Waals surface area contributed by atoms with Gasteiger partial charge in [0.2, 0.25) is 5.91 Å². The van der Waals surface area contributed by atoms with Crippen molar-refractivity contribution >= 4 is 23.2 Å². The molecule has 6 nitrogen and oxygen atoms in total. The van der Waals surface area contributed by atoms with Crippen molar-refractivity contribution in [3.8, 4) is 5.75 Å². The standard InChI is InChI=1S/C27H29ClN4O2/c1-34-23-7-4-21-14-24(27(33)30-16-19-8-10-29-11-9-19)26-18-31(12-13-32(26)25(21)15-23)17-20-2-5-22(28)6-3-20/h2-11,15,24,26H,12-14,16-18H2,1H3,(H,30,33)/t24-,26+/m1/s1. The minimum atomic E-state index is -0.129. The molecule has 0 bridgehead atoms. The Morgan fingerprint density at radius 2 is 1.88 bits per heavy atom. The number of nitrogens with zero attached hydrogens (tertiary/aromatic N) is 3. The summed E-state index contributed by atoms with van der Waals surface area (Å²) in [4.78, 5) is 22.4. The number of anilines is 1. The highest BCUT2D eigenvalue weighted by atomic mass is 35.5. The Morgan fingerprint density at radius 1 is 1.09 bits per heavy atom. The van der Waals surface area contributed by atoms with Crippen LogP contribution in [0.3, 0.4) is 0 Å². The molecule has 7 heteroatoms. The van der Waals surface area contributed by atoms with Gasteiger partial charge in [-0.25, -0.2) is 0 Å². The molecule has 0 spiro atoms. The number of nitrogens with one attached hydrogen (secondary N) is 1. The molecule has 1 saturated heterocycles. The Bertz CT molecular complexity index is 1140. The monoisotopic (exact) mass is 476 g/mol. The Hall–Kier alpha value is -3.09. The van der Waals surface area contributed by atoms with Crippen LogP contribution < -0.4 is 15.0 Å². The smallest absolute Gasteiger partial charge is 0.225 e. The van der Waals surface area contributed by atoms with E-state index in [1.807, 2.05) is 30.3 Å². The first-order chi connectivity index (χ1) is 16.6. The zero-order valence-corrected chi connectivity index (χ0v) is 20.0. The first-order valence-electron chi connectivity index (χ1n) is 11.7. The van der Waals surface area contributed by atoms with Crippen molar-refractivity contribution in [2.45, 2.75) is 25.6 Å². The molecule has 3 aromatic rings. The molecule has 2 aromatic carbocycles. The molecule has 1 amide bonds. The first-order valence-corrected chi connectivity index (χ1v) is 12.1. The molecule has 5 rings (SSSR count). The summed E-state index contributed by atoms with van der Waals surface area (Å²) in [5, 5.41) is 3.92. The Kier molecular flexibility index (Phi) is 6.70. The lowest BCUT2D eigenvalue weighted by Crippen LogP contribution is -2.60. The fourth-order valence-corrected chi connectivity index (χ4v) is 5.20. The van der Waals surface area contributed by atoms with Gasteiger partial charge in [0.25, 0.3) is 0 Å². The lowest BCUT2D eigenvalue weighted by molar-refractivity contribution is -0.126. The number of hydrogen-bond acceptors (Lipinski definition) is 5. The van der Waals surface area contributed by atoms with E-state index in [0.29, 0.717) is 6.54 Å². The van der Waals surface area contributed by atoms with Crippen molar-refractivity contribution in [2.75, 3.05) is 31.6 Å². The zero-order valence-electron chi connectivity index (χ0n) is 19.3. The number of halogens is 1. The van der Waals surface area contributed by atoms with Crippen LogP contribution in [0.15, 0.2) is 67.0 Å². The van der Waals surface area contributed by atoms with Crippen LogP contribution in [0.5, 0.6) is 5.75 Å². The number of fused-ring (bicyclic) bond motifs is 3. The minimum absolute atomic E-state index is 0.0955. The number of piperazine rings is 1. The first kappa shape index (κ1) is 22.7. The molecule has 1 fully saturated rings. The molecule has 1 N–H and O–H groups in total. The van der Waals surface area contributed by atoms with Gasteiger partial charge in [-0.2, -0.15) is 0 Å². The Balaban J connectivity index is 1.37. The second-order valence-corrected chi connectivity index (χ2v) is 9.44. The maximum Gasteiger partial charge on any atom is 0.225 e. The van der Waals surface area contributed by atoms with Crippen molar-refractivity contribution < 1.29 is 9.53 Å². The fourth-order valence-electron chi connectivity index (χ4n) is 5.08. The molecule has 1 aromatic heterocycles. The lowest BCUT2D eigenvalue weighted by atomic mass is 9.83. The summed E-state index contributed by atoms with van der Waals surface area (Å²) in [6.45, 7) is 3.98. The summed E-state index contributed by atoms with van der Waals surface area (Å²) in [6, 6.07) is 18.2. The topological polar surface area (TPSA) is 57.7 Å². The van der Waals surface area contributed by atoms with E-state index in [9.17, 15) is 4.79 Å². The number of benzene rings is 2. The van der Waals surface area contributed by atoms with Gasteiger partial charge >= 0.3 is 0 Å². The number of methoxy groups -OCH3 is 1. The van der Waals surface area contributed by atoms with Crippen molar-refractivity contribution in [3.63, 3.8) is 0 Å². The fraction of sp³-hybridized carbons (Fsp3) is 0.333. The lowest BCUT2D eigenvalue weighted by Gasteiger charge is -2.49. The van der Waals surface area contributed by atoms with Gasteiger partial charge < -0.3 is 15.0 Å². The molecular formula is C27H29ClN4O2. The van der Waals surface area contributed by atoms with Crippen LogP contribution in [0.25, 0.3) is 0 Å². The molecule has 2 aliphatic rings. The summed E-state index contributed by atoms with van der Waals surface area (Å²) >= 11 is 6.07. The number of aromatic nitrogens is 1. The van der Waals surface area contributed by atoms with Crippen LogP contribution in [0, 0.1) is 5.92 Å². The number of carbonyl (C=O) groups excluding carboxylic acids is 1. The normalized spacial score (nSPS) is 19.8. The van der Waals surface area contributed by atoms with Crippen LogP contribution in [-0.4, -0.2) is 48.6 Å². The molecule has 3 heterocycles. The molecule has 0 unspecified atom stereocenters. The molecule has 0 radical (unpaired) electrons. The van der Waals surface area contributed by atoms with Gasteiger partial charge in [-0.3, -0.25) is 14.7 Å². The zero-order chi connectivity index (χ0) is 23.5. The van der Waals surface area contributed by atoms with Crippen LogP contribution in [0.4, 0.5) is 5.69 Å². The van der Waals surface area contributed by atoms with Gasteiger partial charge in [0.1, 0.15) is 5.75 Å². The van der Waals surface area contributed by atoms with Crippen LogP contribution in [-0.2, 0) is 24.3 Å². The summed E-state index contributed by atoms with van der Waals surface area (Å²) in [6.07, 6.45) is 4.23. The molecule has 34 heavy (non-hydrogen) atoms. The molecule has 0 aliphatic carbocycles. The van der Waals surface area contributed by atoms with Crippen molar-refractivity contribution in [1.82, 2.24) is 15.2 Å². The van der Waals surface area contributed by atoms with E-state index in [1.165, 1.54) is 16.8 Å². The van der Waals surface area contributed by atoms with Crippen molar-refractivity contribution in [3.05, 3.63) is 88.7 Å². The van der Waals surface area contributed by atoms with Gasteiger partial charge in [-0.15, -0.1) is 0 Å². The summed E-state index contributed by atoms with van der Waals surface area (Å²) < 4.78 is 5.50. The third kappa shape index (κ3) is 4.88. The molecule has 2 atom stereocenters. The maximum absolute atomic E-state index is 13.5. The van der Waals surface area contributed by atoms with E-state index in [0.717, 1.165) is 48.9 Å². The van der Waals surface area contributed by atoms with Crippen LogP contribution >= 0.6 is 11.6 Å². The SMILES string of the molecule is COc1ccc2c(c1)N1CCN(Cc3ccc(Cl)cc3)C[C@H]1[C@H](C(=O)NCc1ccncc1)C2. The van der Waals surface area contributed by atoms with Gasteiger partial charge in [-0.1, -0.05) is 29.8 Å². The number of hydrogen-bond donors (Lipinski definition) is 1. The third-order valence-corrected chi connectivity index (χ3v) is 7.13. The second kappa shape index (κ2) is 10.0. The largest absolute Gasteiger partial charge is 0.497 e. The van der Waals surface area contributed by atoms with Crippen molar-refractivity contribution in [1.29, 1.82) is 0 Å². The van der Waals surface area contributed by atoms with Gasteiger partial charge in [-0.05, 0) is 53.4 Å². The third-order valence-electron chi connectivity index (χ3n) is 6.88. The number of carbonyl (C=O) groups is 1. The van der Waals surface area contributed by atoms with Crippen LogP contribution in [0.1, 0.15) is 16.7 Å². The van der Waals surface area contributed by atoms with Gasteiger partial charge in [0.05, 0.1) is 19.1 Å². The average molecular weight is 477 g/mol. The summed E-state index contributed by atoms with van der Waals surface area (Å²) in [5.74, 6) is 0.819. The molecular weight excluding hydrogens is 448 g/mol. The maximum atomic E-state index is 13.5. The molecule has 2 aliphatic heterocycles. The molecule has 176 valence electrons. The average Bonchev–Trinajstić information content (AvgIpc) is 2.88. The predicted molar refractivity (Wildman–Crippen MR) is 134 cm³/mol. The number of rotatable bonds is 6. The van der Waals surface area contributed by atoms with E-state index in [4.69, 9.17) is 16.3 Å². The Labute approximate surface area is 205 Å². The van der Waals surface area contributed by atoms with E-state index in [1.54, 1.807) is 19.5 Å². The van der Waals surface area contributed by atoms with E-state index < -0.39 is 0 Å². The highest BCUT2D eigenvalue weighted by molar-refractivity contribution is 6.30. The van der Waals surface area contributed by atoms with E-state index >= 15 is 0 Å². The van der Waals surface area contributed by atoms with Crippen molar-refractivity contribution in [2.24, 2.45) is 5.92 Å². The number of ether oxygens (including phenoxy) is 1. The Morgan fingerprint density at radius 3 is 2.65 bits per heavy atom. The minimum Gasteiger partial charge on any atom is -0.497 e. The van der Waals surface area contributed by atoms with Gasteiger partial charge in [0, 0.05) is 61.9 Å². The quantitative estimate of drug-likeness (QED) is 0.584. The predicted octanol–water partition coefficient (Wildman–Crippen LogP) is 3.92. The van der Waals surface area contributed by atoms with Crippen LogP contribution in [0.2, 0.25) is 5.02 Å². The van der Waals surface area contributed by atoms with Gasteiger partial charge in [0.15, 0.2) is 0 Å². The summed E-state index contributed by atoms with van der Waals surface area (Å²) in [7, 11) is 1.70. The number of amides is 1.